The maximum atomic E-state index is 12.7. The fraction of sp³-hybridized carbons (Fsp3) is 0.556. The minimum absolute atomic E-state index is 0.411. The minimum Gasteiger partial charge on any atom is -0.300 e. The van der Waals surface area contributed by atoms with Crippen LogP contribution >= 0.6 is 0 Å². The predicted octanol–water partition coefficient (Wildman–Crippen LogP) is 2.66. The predicted molar refractivity (Wildman–Crippen MR) is 92.9 cm³/mol. The van der Waals surface area contributed by atoms with Crippen LogP contribution in [0.1, 0.15) is 24.8 Å². The van der Waals surface area contributed by atoms with Crippen molar-refractivity contribution in [2.45, 2.75) is 31.1 Å². The molecule has 4 nitrogen and oxygen atoms in total. The molecule has 0 unspecified atom stereocenters. The van der Waals surface area contributed by atoms with E-state index in [1.54, 1.807) is 16.4 Å². The molecule has 0 radical (unpaired) electrons. The molecule has 5 heteroatoms. The van der Waals surface area contributed by atoms with E-state index < -0.39 is 10.0 Å². The number of nitrogens with zero attached hydrogens (tertiary/aromatic N) is 2. The van der Waals surface area contributed by atoms with Gasteiger partial charge >= 0.3 is 0 Å². The van der Waals surface area contributed by atoms with Gasteiger partial charge in [0.2, 0.25) is 10.0 Å². The summed E-state index contributed by atoms with van der Waals surface area (Å²) >= 11 is 0. The van der Waals surface area contributed by atoms with E-state index in [1.165, 1.54) is 19.3 Å². The largest absolute Gasteiger partial charge is 0.300 e. The van der Waals surface area contributed by atoms with E-state index in [0.717, 1.165) is 31.1 Å². The van der Waals surface area contributed by atoms with Crippen LogP contribution < -0.4 is 0 Å². The van der Waals surface area contributed by atoms with Crippen molar-refractivity contribution in [2.75, 3.05) is 32.7 Å². The summed E-state index contributed by atoms with van der Waals surface area (Å²) in [6, 6.07) is 7.15. The second kappa shape index (κ2) is 7.16. The zero-order valence-corrected chi connectivity index (χ0v) is 14.6. The van der Waals surface area contributed by atoms with Gasteiger partial charge in [0.25, 0.3) is 0 Å². The Hall–Kier alpha value is -1.17. The highest BCUT2D eigenvalue weighted by Gasteiger charge is 2.29. The zero-order chi connectivity index (χ0) is 16.3. The van der Waals surface area contributed by atoms with Crippen LogP contribution in [0.2, 0.25) is 0 Å². The Morgan fingerprint density at radius 3 is 2.35 bits per heavy atom. The maximum Gasteiger partial charge on any atom is 0.243 e. The van der Waals surface area contributed by atoms with Crippen LogP contribution in [0.4, 0.5) is 0 Å². The third kappa shape index (κ3) is 4.03. The minimum atomic E-state index is -3.34. The third-order valence-corrected chi connectivity index (χ3v) is 6.80. The number of hydrogen-bond acceptors (Lipinski definition) is 3. The second-order valence-corrected chi connectivity index (χ2v) is 8.61. The normalized spacial score (nSPS) is 24.0. The second-order valence-electron chi connectivity index (χ2n) is 6.67. The van der Waals surface area contributed by atoms with Gasteiger partial charge in [0.1, 0.15) is 0 Å². The van der Waals surface area contributed by atoms with E-state index in [1.807, 2.05) is 19.1 Å². The molecule has 1 aliphatic carbocycles. The first-order valence-corrected chi connectivity index (χ1v) is 9.94. The van der Waals surface area contributed by atoms with E-state index in [-0.39, 0.29) is 0 Å². The van der Waals surface area contributed by atoms with Gasteiger partial charge in [0.15, 0.2) is 0 Å². The van der Waals surface area contributed by atoms with E-state index >= 15 is 0 Å². The first kappa shape index (κ1) is 16.7. The number of hydrogen-bond donors (Lipinski definition) is 0. The SMILES string of the molecule is Cc1ccc(S(=O)(=O)N2CCN(C[C@H]3CC=CCC3)CC2)cc1. The lowest BCUT2D eigenvalue weighted by Gasteiger charge is -2.36. The zero-order valence-electron chi connectivity index (χ0n) is 13.8. The van der Waals surface area contributed by atoms with Gasteiger partial charge in [-0.3, -0.25) is 0 Å². The van der Waals surface area contributed by atoms with Crippen molar-refractivity contribution < 1.29 is 8.42 Å². The van der Waals surface area contributed by atoms with E-state index in [4.69, 9.17) is 0 Å². The van der Waals surface area contributed by atoms with Crippen molar-refractivity contribution in [2.24, 2.45) is 5.92 Å². The third-order valence-electron chi connectivity index (χ3n) is 4.88. The van der Waals surface area contributed by atoms with Crippen molar-refractivity contribution in [3.05, 3.63) is 42.0 Å². The van der Waals surface area contributed by atoms with Crippen LogP contribution in [0.15, 0.2) is 41.3 Å². The Morgan fingerprint density at radius 1 is 1.04 bits per heavy atom. The fourth-order valence-corrected chi connectivity index (χ4v) is 4.82. The van der Waals surface area contributed by atoms with Crippen LogP contribution in [0, 0.1) is 12.8 Å². The number of sulfonamides is 1. The molecule has 1 fully saturated rings. The highest BCUT2D eigenvalue weighted by molar-refractivity contribution is 7.89. The lowest BCUT2D eigenvalue weighted by atomic mass is 9.94. The van der Waals surface area contributed by atoms with Gasteiger partial charge in [0.05, 0.1) is 4.90 Å². The topological polar surface area (TPSA) is 40.6 Å². The van der Waals surface area contributed by atoms with Gasteiger partial charge < -0.3 is 4.90 Å². The Kier molecular flexibility index (Phi) is 5.19. The van der Waals surface area contributed by atoms with Gasteiger partial charge in [-0.25, -0.2) is 8.42 Å². The van der Waals surface area contributed by atoms with Crippen LogP contribution in [0.3, 0.4) is 0 Å². The average molecular weight is 334 g/mol. The summed E-state index contributed by atoms with van der Waals surface area (Å²) in [4.78, 5) is 2.83. The molecular weight excluding hydrogens is 308 g/mol. The number of aryl methyl sites for hydroxylation is 1. The van der Waals surface area contributed by atoms with Crippen LogP contribution in [-0.4, -0.2) is 50.3 Å². The summed E-state index contributed by atoms with van der Waals surface area (Å²) in [6.07, 6.45) is 8.17. The van der Waals surface area contributed by atoms with E-state index in [9.17, 15) is 8.42 Å². The van der Waals surface area contributed by atoms with Gasteiger partial charge in [-0.1, -0.05) is 29.8 Å². The Balaban J connectivity index is 1.57. The molecule has 1 aromatic carbocycles. The smallest absolute Gasteiger partial charge is 0.243 e. The summed E-state index contributed by atoms with van der Waals surface area (Å²) in [5, 5.41) is 0. The van der Waals surface area contributed by atoms with Crippen molar-refractivity contribution in [1.82, 2.24) is 9.21 Å². The summed E-state index contributed by atoms with van der Waals surface area (Å²) in [5.74, 6) is 0.736. The number of rotatable bonds is 4. The van der Waals surface area contributed by atoms with Crippen LogP contribution in [0.5, 0.6) is 0 Å². The molecule has 1 heterocycles. The molecule has 1 saturated heterocycles. The van der Waals surface area contributed by atoms with Crippen molar-refractivity contribution in [3.8, 4) is 0 Å². The van der Waals surface area contributed by atoms with Crippen LogP contribution in [-0.2, 0) is 10.0 Å². The Bertz CT molecular complexity index is 644. The quantitative estimate of drug-likeness (QED) is 0.795. The van der Waals surface area contributed by atoms with Crippen molar-refractivity contribution in [1.29, 1.82) is 0 Å². The summed E-state index contributed by atoms with van der Waals surface area (Å²) in [6.45, 7) is 5.94. The standard InChI is InChI=1S/C18H26N2O2S/c1-16-7-9-18(10-8-16)23(21,22)20-13-11-19(12-14-20)15-17-5-3-2-4-6-17/h2-3,7-10,17H,4-6,11-15H2,1H3/t17-/m0/s1. The van der Waals surface area contributed by atoms with Crippen LogP contribution in [0.25, 0.3) is 0 Å². The highest BCUT2D eigenvalue weighted by atomic mass is 32.2. The molecule has 0 aromatic heterocycles. The van der Waals surface area contributed by atoms with Gasteiger partial charge in [-0.2, -0.15) is 4.31 Å². The lowest BCUT2D eigenvalue weighted by molar-refractivity contribution is 0.161. The molecule has 2 aliphatic rings. The molecule has 1 atom stereocenters. The molecular formula is C18H26N2O2S. The van der Waals surface area contributed by atoms with Gasteiger partial charge in [-0.15, -0.1) is 0 Å². The molecule has 1 aromatic rings. The van der Waals surface area contributed by atoms with Crippen molar-refractivity contribution >= 4 is 10.0 Å². The summed E-state index contributed by atoms with van der Waals surface area (Å²) in [5.41, 5.74) is 1.08. The summed E-state index contributed by atoms with van der Waals surface area (Å²) in [7, 11) is -3.34. The molecule has 3 rings (SSSR count). The molecule has 0 amide bonds. The number of benzene rings is 1. The maximum absolute atomic E-state index is 12.7. The first-order valence-electron chi connectivity index (χ1n) is 8.50. The molecule has 1 aliphatic heterocycles. The molecule has 0 N–H and O–H groups in total. The number of allylic oxidation sites excluding steroid dienone is 2. The van der Waals surface area contributed by atoms with E-state index in [0.29, 0.717) is 18.0 Å². The number of piperazine rings is 1. The molecule has 126 valence electrons. The average Bonchev–Trinajstić information content (AvgIpc) is 2.57. The fourth-order valence-electron chi connectivity index (χ4n) is 3.40. The molecule has 0 bridgehead atoms. The molecule has 0 saturated carbocycles. The van der Waals surface area contributed by atoms with E-state index in [2.05, 4.69) is 17.1 Å². The molecule has 0 spiro atoms. The lowest BCUT2D eigenvalue weighted by Crippen LogP contribution is -2.49. The summed E-state index contributed by atoms with van der Waals surface area (Å²) < 4.78 is 27.0. The molecule has 23 heavy (non-hydrogen) atoms. The van der Waals surface area contributed by atoms with Gasteiger partial charge in [0, 0.05) is 32.7 Å². The van der Waals surface area contributed by atoms with Gasteiger partial charge in [-0.05, 0) is 44.2 Å². The monoisotopic (exact) mass is 334 g/mol. The van der Waals surface area contributed by atoms with Crippen molar-refractivity contribution in [3.63, 3.8) is 0 Å². The first-order chi connectivity index (χ1) is 11.1. The highest BCUT2D eigenvalue weighted by Crippen LogP contribution is 2.22. The Morgan fingerprint density at radius 2 is 1.74 bits per heavy atom. The Labute approximate surface area is 139 Å².